The molecule has 0 radical (unpaired) electrons. The van der Waals surface area contributed by atoms with Crippen LogP contribution in [-0.4, -0.2) is 32.5 Å². The lowest BCUT2D eigenvalue weighted by molar-refractivity contribution is -0.0520. The Balaban J connectivity index is 0.00000341. The summed E-state index contributed by atoms with van der Waals surface area (Å²) in [7, 11) is 0. The fourth-order valence-electron chi connectivity index (χ4n) is 2.92. The van der Waals surface area contributed by atoms with Crippen molar-refractivity contribution in [3.05, 3.63) is 47.5 Å². The fraction of sp³-hybridized carbons (Fsp3) is 0.381. The lowest BCUT2D eigenvalue weighted by atomic mass is 10.2. The van der Waals surface area contributed by atoms with Crippen LogP contribution in [0.4, 0.5) is 8.78 Å². The number of para-hydroxylation sites is 1. The van der Waals surface area contributed by atoms with Gasteiger partial charge in [-0.25, -0.2) is 4.99 Å². The first-order valence-corrected chi connectivity index (χ1v) is 9.70. The molecule has 0 bridgehead atoms. The molecule has 2 aromatic carbocycles. The van der Waals surface area contributed by atoms with E-state index >= 15 is 0 Å². The first-order valence-electron chi connectivity index (χ1n) is 9.70. The van der Waals surface area contributed by atoms with Gasteiger partial charge in [-0.15, -0.1) is 24.0 Å². The third-order valence-corrected chi connectivity index (χ3v) is 4.21. The Hall–Kier alpha value is -2.50. The van der Waals surface area contributed by atoms with Crippen LogP contribution in [0, 0.1) is 0 Å². The summed E-state index contributed by atoms with van der Waals surface area (Å²) in [6.45, 7) is 2.63. The minimum absolute atomic E-state index is 0. The molecule has 1 heterocycles. The molecule has 0 saturated carbocycles. The second kappa shape index (κ2) is 12.4. The molecule has 2 N–H and O–H groups in total. The average Bonchev–Trinajstić information content (AvgIpc) is 3.19. The molecule has 3 rings (SSSR count). The zero-order valence-electron chi connectivity index (χ0n) is 17.3. The summed E-state index contributed by atoms with van der Waals surface area (Å²) in [6.07, 6.45) is 0. The van der Waals surface area contributed by atoms with Crippen LogP contribution in [0.5, 0.6) is 23.0 Å². The molecule has 1 aliphatic rings. The van der Waals surface area contributed by atoms with E-state index < -0.39 is 6.61 Å². The van der Waals surface area contributed by atoms with Crippen molar-refractivity contribution in [2.45, 2.75) is 33.5 Å². The van der Waals surface area contributed by atoms with E-state index in [9.17, 15) is 8.78 Å². The highest BCUT2D eigenvalue weighted by Crippen LogP contribution is 2.33. The van der Waals surface area contributed by atoms with E-state index in [0.29, 0.717) is 42.7 Å². The molecule has 0 fully saturated rings. The molecule has 0 atom stereocenters. The summed E-state index contributed by atoms with van der Waals surface area (Å²) < 4.78 is 46.6. The van der Waals surface area contributed by atoms with Gasteiger partial charge in [0, 0.05) is 18.7 Å². The number of ether oxygens (including phenoxy) is 4. The van der Waals surface area contributed by atoms with Crippen LogP contribution in [0.25, 0.3) is 0 Å². The topological polar surface area (TPSA) is 73.3 Å². The standard InChI is InChI=1S/C21H25F2N3O4.HI/c1-3-24-21(25-11-14-8-9-16-18(10-14)29-13-28-16)26-12-15-6-5-7-17(27-4-2)19(15)30-20(22)23;/h5-10,20H,3-4,11-13H2,1-2H3,(H2,24,25,26);1H. The normalized spacial score (nSPS) is 12.4. The Morgan fingerprint density at radius 3 is 2.68 bits per heavy atom. The summed E-state index contributed by atoms with van der Waals surface area (Å²) in [5, 5.41) is 6.28. The molecule has 2 aromatic rings. The van der Waals surface area contributed by atoms with Gasteiger partial charge in [-0.3, -0.25) is 0 Å². The lowest BCUT2D eigenvalue weighted by Crippen LogP contribution is -2.36. The maximum Gasteiger partial charge on any atom is 0.387 e. The number of hydrogen-bond donors (Lipinski definition) is 2. The van der Waals surface area contributed by atoms with Crippen LogP contribution in [0.2, 0.25) is 0 Å². The molecule has 0 amide bonds. The molecule has 0 spiro atoms. The third kappa shape index (κ3) is 7.01. The largest absolute Gasteiger partial charge is 0.490 e. The first kappa shape index (κ1) is 24.8. The van der Waals surface area contributed by atoms with E-state index in [1.54, 1.807) is 25.1 Å². The van der Waals surface area contributed by atoms with Gasteiger partial charge in [-0.1, -0.05) is 18.2 Å². The molecule has 0 unspecified atom stereocenters. The summed E-state index contributed by atoms with van der Waals surface area (Å²) in [4.78, 5) is 4.55. The number of hydrogen-bond acceptors (Lipinski definition) is 5. The summed E-state index contributed by atoms with van der Waals surface area (Å²) >= 11 is 0. The molecule has 170 valence electrons. The molecule has 0 aliphatic carbocycles. The van der Waals surface area contributed by atoms with Crippen molar-refractivity contribution in [2.75, 3.05) is 19.9 Å². The number of benzene rings is 2. The van der Waals surface area contributed by atoms with E-state index in [0.717, 1.165) is 5.56 Å². The van der Waals surface area contributed by atoms with Crippen LogP contribution < -0.4 is 29.6 Å². The summed E-state index contributed by atoms with van der Waals surface area (Å²) in [5.41, 5.74) is 1.49. The van der Waals surface area contributed by atoms with Gasteiger partial charge < -0.3 is 29.6 Å². The third-order valence-electron chi connectivity index (χ3n) is 4.21. The number of aliphatic imine (C=N–C) groups is 1. The lowest BCUT2D eigenvalue weighted by Gasteiger charge is -2.17. The maximum absolute atomic E-state index is 12.9. The highest BCUT2D eigenvalue weighted by atomic mass is 127. The highest BCUT2D eigenvalue weighted by Gasteiger charge is 2.16. The number of nitrogens with zero attached hydrogens (tertiary/aromatic N) is 1. The van der Waals surface area contributed by atoms with Crippen molar-refractivity contribution in [3.8, 4) is 23.0 Å². The number of guanidine groups is 1. The van der Waals surface area contributed by atoms with Crippen LogP contribution in [-0.2, 0) is 13.1 Å². The molecular formula is C21H26F2IN3O4. The van der Waals surface area contributed by atoms with E-state index in [4.69, 9.17) is 18.9 Å². The maximum atomic E-state index is 12.9. The molecule has 0 aromatic heterocycles. The predicted molar refractivity (Wildman–Crippen MR) is 124 cm³/mol. The molecule has 10 heteroatoms. The van der Waals surface area contributed by atoms with Gasteiger partial charge in [0.2, 0.25) is 6.79 Å². The monoisotopic (exact) mass is 549 g/mol. The van der Waals surface area contributed by atoms with E-state index in [2.05, 4.69) is 15.6 Å². The van der Waals surface area contributed by atoms with Gasteiger partial charge in [-0.05, 0) is 37.6 Å². The van der Waals surface area contributed by atoms with Crippen molar-refractivity contribution in [3.63, 3.8) is 0 Å². The van der Waals surface area contributed by atoms with E-state index in [1.165, 1.54) is 0 Å². The van der Waals surface area contributed by atoms with Crippen molar-refractivity contribution < 1.29 is 27.7 Å². The second-order valence-electron chi connectivity index (χ2n) is 6.29. The van der Waals surface area contributed by atoms with Crippen LogP contribution in [0.1, 0.15) is 25.0 Å². The number of halogens is 3. The van der Waals surface area contributed by atoms with Crippen LogP contribution in [0.15, 0.2) is 41.4 Å². The molecular weight excluding hydrogens is 523 g/mol. The number of alkyl halides is 2. The molecule has 0 saturated heterocycles. The second-order valence-corrected chi connectivity index (χ2v) is 6.29. The van der Waals surface area contributed by atoms with Crippen molar-refractivity contribution in [1.29, 1.82) is 0 Å². The van der Waals surface area contributed by atoms with Crippen molar-refractivity contribution in [2.24, 2.45) is 4.99 Å². The Bertz CT molecular complexity index is 884. The molecule has 1 aliphatic heterocycles. The number of fused-ring (bicyclic) bond motifs is 1. The van der Waals surface area contributed by atoms with Crippen molar-refractivity contribution in [1.82, 2.24) is 10.6 Å². The Morgan fingerprint density at radius 2 is 1.94 bits per heavy atom. The first-order chi connectivity index (χ1) is 14.6. The molecule has 7 nitrogen and oxygen atoms in total. The van der Waals surface area contributed by atoms with Crippen LogP contribution >= 0.6 is 24.0 Å². The predicted octanol–water partition coefficient (Wildman–Crippen LogP) is 4.29. The smallest absolute Gasteiger partial charge is 0.387 e. The minimum atomic E-state index is -2.95. The zero-order chi connectivity index (χ0) is 21.3. The van der Waals surface area contributed by atoms with Gasteiger partial charge >= 0.3 is 6.61 Å². The summed E-state index contributed by atoms with van der Waals surface area (Å²) in [6, 6.07) is 10.7. The van der Waals surface area contributed by atoms with Gasteiger partial charge in [0.15, 0.2) is 29.0 Å². The SMILES string of the molecule is CCNC(=NCc1ccc2c(c1)OCO2)NCc1cccc(OCC)c1OC(F)F.I. The quantitative estimate of drug-likeness (QED) is 0.277. The Kier molecular flexibility index (Phi) is 9.89. The van der Waals surface area contributed by atoms with Crippen molar-refractivity contribution >= 4 is 29.9 Å². The fourth-order valence-corrected chi connectivity index (χ4v) is 2.92. The molecule has 31 heavy (non-hydrogen) atoms. The van der Waals surface area contributed by atoms with Gasteiger partial charge in [-0.2, -0.15) is 8.78 Å². The average molecular weight is 549 g/mol. The van der Waals surface area contributed by atoms with Gasteiger partial charge in [0.25, 0.3) is 0 Å². The highest BCUT2D eigenvalue weighted by molar-refractivity contribution is 14.0. The van der Waals surface area contributed by atoms with Crippen LogP contribution in [0.3, 0.4) is 0 Å². The van der Waals surface area contributed by atoms with Gasteiger partial charge in [0.05, 0.1) is 13.2 Å². The Labute approximate surface area is 197 Å². The number of rotatable bonds is 9. The minimum Gasteiger partial charge on any atom is -0.490 e. The Morgan fingerprint density at radius 1 is 1.13 bits per heavy atom. The van der Waals surface area contributed by atoms with E-state index in [-0.39, 0.29) is 48.8 Å². The summed E-state index contributed by atoms with van der Waals surface area (Å²) in [5.74, 6) is 2.25. The number of nitrogens with one attached hydrogen (secondary N) is 2. The zero-order valence-corrected chi connectivity index (χ0v) is 19.7. The van der Waals surface area contributed by atoms with E-state index in [1.807, 2.05) is 25.1 Å². The van der Waals surface area contributed by atoms with Gasteiger partial charge in [0.1, 0.15) is 0 Å².